The second-order valence-electron chi connectivity index (χ2n) is 8.64. The first-order valence-electron chi connectivity index (χ1n) is 11.1. The number of aromatic amines is 1. The topological polar surface area (TPSA) is 65.1 Å². The standard InChI is InChI=1S/C23H33N5O/c1-18-24-23(26-25-18)21-12-13-27(17-20-10-6-3-7-11-20)14-15-28(21)22(29)16-19-8-4-2-5-9-19/h2,4-5,8-9,20-21H,3,6-7,10-17H2,1H3,(H,24,25,26). The number of benzene rings is 1. The van der Waals surface area contributed by atoms with Gasteiger partial charge < -0.3 is 9.80 Å². The van der Waals surface area contributed by atoms with Gasteiger partial charge in [-0.2, -0.15) is 5.10 Å². The van der Waals surface area contributed by atoms with Gasteiger partial charge in [-0.25, -0.2) is 4.98 Å². The molecular formula is C23H33N5O. The lowest BCUT2D eigenvalue weighted by atomic mass is 9.89. The summed E-state index contributed by atoms with van der Waals surface area (Å²) in [6, 6.07) is 9.98. The highest BCUT2D eigenvalue weighted by Gasteiger charge is 2.32. The van der Waals surface area contributed by atoms with Crippen LogP contribution in [0.2, 0.25) is 0 Å². The van der Waals surface area contributed by atoms with Gasteiger partial charge in [0.1, 0.15) is 5.82 Å². The van der Waals surface area contributed by atoms with E-state index in [2.05, 4.69) is 20.1 Å². The first kappa shape index (κ1) is 20.1. The number of hydrogen-bond donors (Lipinski definition) is 1. The Kier molecular flexibility index (Phi) is 6.60. The molecule has 6 nitrogen and oxygen atoms in total. The van der Waals surface area contributed by atoms with Gasteiger partial charge in [-0.15, -0.1) is 0 Å². The van der Waals surface area contributed by atoms with Gasteiger partial charge in [0, 0.05) is 26.2 Å². The number of H-pyrrole nitrogens is 1. The largest absolute Gasteiger partial charge is 0.331 e. The minimum atomic E-state index is -0.0486. The molecule has 2 aromatic rings. The van der Waals surface area contributed by atoms with E-state index in [1.54, 1.807) is 0 Å². The Bertz CT molecular complexity index is 784. The molecule has 156 valence electrons. The highest BCUT2D eigenvalue weighted by Crippen LogP contribution is 2.28. The number of nitrogens with one attached hydrogen (secondary N) is 1. The summed E-state index contributed by atoms with van der Waals surface area (Å²) in [4.78, 5) is 22.4. The number of hydrogen-bond acceptors (Lipinski definition) is 4. The second kappa shape index (κ2) is 9.53. The number of carbonyl (C=O) groups is 1. The van der Waals surface area contributed by atoms with Gasteiger partial charge in [0.15, 0.2) is 5.82 Å². The minimum Gasteiger partial charge on any atom is -0.331 e. The molecule has 1 aliphatic heterocycles. The zero-order chi connectivity index (χ0) is 20.1. The van der Waals surface area contributed by atoms with Gasteiger partial charge in [-0.05, 0) is 37.7 Å². The average Bonchev–Trinajstić information content (AvgIpc) is 3.06. The van der Waals surface area contributed by atoms with Gasteiger partial charge in [0.25, 0.3) is 0 Å². The molecule has 1 N–H and O–H groups in total. The van der Waals surface area contributed by atoms with Gasteiger partial charge in [0.05, 0.1) is 12.5 Å². The maximum absolute atomic E-state index is 13.2. The molecule has 1 saturated carbocycles. The molecule has 0 bridgehead atoms. The van der Waals surface area contributed by atoms with Crippen molar-refractivity contribution in [2.75, 3.05) is 26.2 Å². The van der Waals surface area contributed by atoms with Crippen molar-refractivity contribution < 1.29 is 4.79 Å². The van der Waals surface area contributed by atoms with Gasteiger partial charge in [0.2, 0.25) is 5.91 Å². The van der Waals surface area contributed by atoms with E-state index in [-0.39, 0.29) is 11.9 Å². The van der Waals surface area contributed by atoms with Crippen molar-refractivity contribution in [1.82, 2.24) is 25.0 Å². The molecule has 0 spiro atoms. The van der Waals surface area contributed by atoms with Crippen molar-refractivity contribution in [2.45, 2.75) is 57.9 Å². The van der Waals surface area contributed by atoms with Gasteiger partial charge in [-0.1, -0.05) is 49.6 Å². The number of aromatic nitrogens is 3. The number of aryl methyl sites for hydroxylation is 1. The number of rotatable bonds is 5. The zero-order valence-electron chi connectivity index (χ0n) is 17.5. The molecule has 1 aliphatic carbocycles. The lowest BCUT2D eigenvalue weighted by Gasteiger charge is -2.29. The monoisotopic (exact) mass is 395 g/mol. The van der Waals surface area contributed by atoms with Crippen LogP contribution in [0.1, 0.15) is 61.8 Å². The summed E-state index contributed by atoms with van der Waals surface area (Å²) in [5.41, 5.74) is 1.06. The highest BCUT2D eigenvalue weighted by atomic mass is 16.2. The molecule has 1 aromatic heterocycles. The molecule has 0 radical (unpaired) electrons. The van der Waals surface area contributed by atoms with Crippen molar-refractivity contribution >= 4 is 5.91 Å². The Morgan fingerprint density at radius 2 is 1.86 bits per heavy atom. The second-order valence-corrected chi connectivity index (χ2v) is 8.64. The van der Waals surface area contributed by atoms with Crippen LogP contribution < -0.4 is 0 Å². The fraction of sp³-hybridized carbons (Fsp3) is 0.609. The highest BCUT2D eigenvalue weighted by molar-refractivity contribution is 5.79. The predicted molar refractivity (Wildman–Crippen MR) is 113 cm³/mol. The number of nitrogens with zero attached hydrogens (tertiary/aromatic N) is 4. The van der Waals surface area contributed by atoms with Crippen LogP contribution in [0, 0.1) is 12.8 Å². The van der Waals surface area contributed by atoms with E-state index < -0.39 is 0 Å². The van der Waals surface area contributed by atoms with Crippen molar-refractivity contribution in [3.63, 3.8) is 0 Å². The third kappa shape index (κ3) is 5.24. The molecule has 1 saturated heterocycles. The van der Waals surface area contributed by atoms with Crippen molar-refractivity contribution in [3.05, 3.63) is 47.5 Å². The summed E-state index contributed by atoms with van der Waals surface area (Å²) in [6.07, 6.45) is 8.18. The van der Waals surface area contributed by atoms with E-state index in [0.29, 0.717) is 6.42 Å². The van der Waals surface area contributed by atoms with Crippen molar-refractivity contribution in [3.8, 4) is 0 Å². The van der Waals surface area contributed by atoms with Crippen LogP contribution in [-0.4, -0.2) is 57.1 Å². The van der Waals surface area contributed by atoms with Crippen LogP contribution in [0.15, 0.2) is 30.3 Å². The Morgan fingerprint density at radius 3 is 2.59 bits per heavy atom. The van der Waals surface area contributed by atoms with Crippen LogP contribution in [-0.2, 0) is 11.2 Å². The van der Waals surface area contributed by atoms with Crippen LogP contribution in [0.3, 0.4) is 0 Å². The zero-order valence-corrected chi connectivity index (χ0v) is 17.5. The summed E-state index contributed by atoms with van der Waals surface area (Å²) >= 11 is 0. The van der Waals surface area contributed by atoms with Crippen LogP contribution in [0.4, 0.5) is 0 Å². The summed E-state index contributed by atoms with van der Waals surface area (Å²) in [6.45, 7) is 5.77. The fourth-order valence-corrected chi connectivity index (χ4v) is 4.84. The smallest absolute Gasteiger partial charge is 0.227 e. The van der Waals surface area contributed by atoms with E-state index in [4.69, 9.17) is 0 Å². The molecular weight excluding hydrogens is 362 g/mol. The number of amides is 1. The van der Waals surface area contributed by atoms with Crippen LogP contribution >= 0.6 is 0 Å². The molecule has 1 amide bonds. The Morgan fingerprint density at radius 1 is 1.07 bits per heavy atom. The van der Waals surface area contributed by atoms with Gasteiger partial charge in [-0.3, -0.25) is 9.89 Å². The fourth-order valence-electron chi connectivity index (χ4n) is 4.84. The summed E-state index contributed by atoms with van der Waals surface area (Å²) in [5.74, 6) is 2.55. The summed E-state index contributed by atoms with van der Waals surface area (Å²) < 4.78 is 0. The number of carbonyl (C=O) groups excluding carboxylic acids is 1. The summed E-state index contributed by atoms with van der Waals surface area (Å²) in [7, 11) is 0. The third-order valence-corrected chi connectivity index (χ3v) is 6.42. The molecule has 1 atom stereocenters. The molecule has 29 heavy (non-hydrogen) atoms. The first-order chi connectivity index (χ1) is 14.2. The minimum absolute atomic E-state index is 0.0486. The van der Waals surface area contributed by atoms with Gasteiger partial charge >= 0.3 is 0 Å². The van der Waals surface area contributed by atoms with E-state index in [1.165, 1.54) is 38.6 Å². The summed E-state index contributed by atoms with van der Waals surface area (Å²) in [5, 5.41) is 7.37. The Labute approximate surface area is 173 Å². The van der Waals surface area contributed by atoms with E-state index >= 15 is 0 Å². The Hall–Kier alpha value is -2.21. The maximum atomic E-state index is 13.2. The van der Waals surface area contributed by atoms with Crippen molar-refractivity contribution in [2.24, 2.45) is 5.92 Å². The average molecular weight is 396 g/mol. The van der Waals surface area contributed by atoms with Crippen molar-refractivity contribution in [1.29, 1.82) is 0 Å². The first-order valence-corrected chi connectivity index (χ1v) is 11.1. The Balaban J connectivity index is 1.47. The lowest BCUT2D eigenvalue weighted by molar-refractivity contribution is -0.133. The quantitative estimate of drug-likeness (QED) is 0.841. The van der Waals surface area contributed by atoms with Crippen LogP contribution in [0.5, 0.6) is 0 Å². The molecule has 6 heteroatoms. The molecule has 4 rings (SSSR count). The molecule has 1 aromatic carbocycles. The predicted octanol–water partition coefficient (Wildman–Crippen LogP) is 3.51. The molecule has 2 aliphatic rings. The molecule has 2 fully saturated rings. The SMILES string of the molecule is Cc1nc(C2CCN(CC3CCCCC3)CCN2C(=O)Cc2ccccc2)n[nH]1. The maximum Gasteiger partial charge on any atom is 0.227 e. The van der Waals surface area contributed by atoms with E-state index in [0.717, 1.165) is 49.2 Å². The van der Waals surface area contributed by atoms with E-state index in [9.17, 15) is 4.79 Å². The lowest BCUT2D eigenvalue weighted by Crippen LogP contribution is -2.39. The normalized spacial score (nSPS) is 21.8. The molecule has 2 heterocycles. The third-order valence-electron chi connectivity index (χ3n) is 6.42. The van der Waals surface area contributed by atoms with Crippen LogP contribution in [0.25, 0.3) is 0 Å². The molecule has 1 unspecified atom stereocenters. The van der Waals surface area contributed by atoms with E-state index in [1.807, 2.05) is 42.2 Å².